The van der Waals surface area contributed by atoms with Gasteiger partial charge in [0.15, 0.2) is 0 Å². The molecule has 0 heterocycles. The summed E-state index contributed by atoms with van der Waals surface area (Å²) in [7, 11) is 0. The highest BCUT2D eigenvalue weighted by molar-refractivity contribution is 6.06. The van der Waals surface area contributed by atoms with Gasteiger partial charge in [0.05, 0.1) is 0 Å². The Hall–Kier alpha value is -5.72. The molecule has 54 heavy (non-hydrogen) atoms. The molecule has 0 saturated carbocycles. The normalized spacial score (nSPS) is 14.5. The smallest absolute Gasteiger partial charge is 0.0210 e. The number of hydrogen-bond donors (Lipinski definition) is 0. The second-order valence-electron chi connectivity index (χ2n) is 15.7. The fourth-order valence-electron chi connectivity index (χ4n) is 10.7. The van der Waals surface area contributed by atoms with E-state index in [-0.39, 0.29) is 10.8 Å². The molecule has 8 aromatic carbocycles. The van der Waals surface area contributed by atoms with Crippen LogP contribution in [0.2, 0.25) is 0 Å². The Kier molecular flexibility index (Phi) is 7.57. The summed E-state index contributed by atoms with van der Waals surface area (Å²) in [6.07, 6.45) is 4.34. The lowest BCUT2D eigenvalue weighted by Gasteiger charge is -2.31. The largest absolute Gasteiger partial charge is 0.0642 e. The van der Waals surface area contributed by atoms with Gasteiger partial charge in [-0.05, 0) is 149 Å². The summed E-state index contributed by atoms with van der Waals surface area (Å²) in [5.74, 6) is 0. The van der Waals surface area contributed by atoms with Crippen LogP contribution in [0.5, 0.6) is 0 Å². The summed E-state index contributed by atoms with van der Waals surface area (Å²) in [4.78, 5) is 0. The van der Waals surface area contributed by atoms with Crippen LogP contribution in [-0.2, 0) is 10.8 Å². The number of rotatable bonds is 7. The van der Waals surface area contributed by atoms with Crippen LogP contribution >= 0.6 is 0 Å². The van der Waals surface area contributed by atoms with Crippen molar-refractivity contribution in [1.29, 1.82) is 0 Å². The maximum atomic E-state index is 2.54. The van der Waals surface area contributed by atoms with Gasteiger partial charge in [-0.25, -0.2) is 0 Å². The molecule has 2 aliphatic rings. The monoisotopic (exact) mass is 694 g/mol. The van der Waals surface area contributed by atoms with Crippen molar-refractivity contribution in [2.75, 3.05) is 0 Å². The molecule has 262 valence electrons. The van der Waals surface area contributed by atoms with Crippen molar-refractivity contribution < 1.29 is 0 Å². The van der Waals surface area contributed by atoms with Crippen LogP contribution in [0.4, 0.5) is 0 Å². The average Bonchev–Trinajstić information content (AvgIpc) is 3.69. The minimum atomic E-state index is -0.0406. The lowest BCUT2D eigenvalue weighted by Crippen LogP contribution is -2.23. The predicted molar refractivity (Wildman–Crippen MR) is 231 cm³/mol. The summed E-state index contributed by atoms with van der Waals surface area (Å²) < 4.78 is 0. The van der Waals surface area contributed by atoms with Crippen molar-refractivity contribution in [3.8, 4) is 55.6 Å². The Morgan fingerprint density at radius 1 is 0.296 bits per heavy atom. The van der Waals surface area contributed by atoms with Crippen molar-refractivity contribution >= 4 is 21.5 Å². The van der Waals surface area contributed by atoms with E-state index in [1.54, 1.807) is 0 Å². The van der Waals surface area contributed by atoms with E-state index < -0.39 is 0 Å². The topological polar surface area (TPSA) is 0 Å². The lowest BCUT2D eigenvalue weighted by atomic mass is 9.72. The van der Waals surface area contributed by atoms with Crippen molar-refractivity contribution in [2.24, 2.45) is 0 Å². The van der Waals surface area contributed by atoms with Gasteiger partial charge >= 0.3 is 0 Å². The van der Waals surface area contributed by atoms with Crippen LogP contribution in [-0.4, -0.2) is 0 Å². The molecule has 8 aromatic rings. The second kappa shape index (κ2) is 12.4. The van der Waals surface area contributed by atoms with Crippen LogP contribution in [0.25, 0.3) is 77.2 Å². The number of benzene rings is 8. The third-order valence-electron chi connectivity index (χ3n) is 13.7. The third-order valence-corrected chi connectivity index (χ3v) is 13.7. The van der Waals surface area contributed by atoms with Gasteiger partial charge in [0.25, 0.3) is 0 Å². The Labute approximate surface area is 320 Å². The van der Waals surface area contributed by atoms with Crippen molar-refractivity contribution in [2.45, 2.75) is 64.2 Å². The maximum absolute atomic E-state index is 2.54. The summed E-state index contributed by atoms with van der Waals surface area (Å²) >= 11 is 0. The molecule has 0 aromatic heterocycles. The summed E-state index contributed by atoms with van der Waals surface area (Å²) in [5, 5.41) is 5.14. The van der Waals surface area contributed by atoms with E-state index in [9.17, 15) is 0 Å². The van der Waals surface area contributed by atoms with Gasteiger partial charge in [0.1, 0.15) is 0 Å². The molecule has 0 saturated heterocycles. The van der Waals surface area contributed by atoms with Crippen molar-refractivity contribution in [3.63, 3.8) is 0 Å². The molecule has 0 aliphatic heterocycles. The molecule has 0 nitrogen and oxygen atoms in total. The van der Waals surface area contributed by atoms with Gasteiger partial charge in [0.2, 0.25) is 0 Å². The molecule has 0 N–H and O–H groups in total. The lowest BCUT2D eigenvalue weighted by molar-refractivity contribution is 0.490. The number of hydrogen-bond acceptors (Lipinski definition) is 0. The van der Waals surface area contributed by atoms with E-state index in [0.717, 1.165) is 25.7 Å². The summed E-state index contributed by atoms with van der Waals surface area (Å²) in [5.41, 5.74) is 19.4. The highest BCUT2D eigenvalue weighted by Crippen LogP contribution is 2.56. The molecule has 0 heteroatoms. The number of fused-ring (bicyclic) bond motifs is 8. The van der Waals surface area contributed by atoms with E-state index in [2.05, 4.69) is 185 Å². The first-order chi connectivity index (χ1) is 26.5. The highest BCUT2D eigenvalue weighted by atomic mass is 14.5. The molecular formula is C54H46. The van der Waals surface area contributed by atoms with E-state index in [0.29, 0.717) is 0 Å². The molecule has 0 fully saturated rings. The standard InChI is InChI=1S/C54H46/c1-5-53(6-2)49-20-14-13-19-45(49)46-26-23-37(32-50(46)53)38-24-27-47-48-28-25-40(34-52(48)54(7-3,8-4)51(47)33-38)42-30-29-41(43-17-11-12-18-44(42)43)39-22-21-35-15-9-10-16-36(35)31-39/h9-34H,5-8H2,1-4H3. The molecule has 0 bridgehead atoms. The first-order valence-electron chi connectivity index (χ1n) is 20.1. The van der Waals surface area contributed by atoms with E-state index in [1.807, 2.05) is 0 Å². The zero-order valence-corrected chi connectivity index (χ0v) is 31.8. The fourth-order valence-corrected chi connectivity index (χ4v) is 10.7. The van der Waals surface area contributed by atoms with Crippen LogP contribution in [0.15, 0.2) is 158 Å². The minimum absolute atomic E-state index is 0.0406. The molecule has 0 amide bonds. The molecule has 0 radical (unpaired) electrons. The Balaban J connectivity index is 1.07. The first-order valence-corrected chi connectivity index (χ1v) is 20.1. The zero-order valence-electron chi connectivity index (χ0n) is 31.8. The SMILES string of the molecule is CCC1(CC)c2ccccc2-c2ccc(-c3ccc4c(c3)C(CC)(CC)c3cc(-c5ccc(-c6ccc7ccccc7c6)c6ccccc56)ccc3-4)cc21. The van der Waals surface area contributed by atoms with Crippen LogP contribution in [0, 0.1) is 0 Å². The molecule has 0 spiro atoms. The van der Waals surface area contributed by atoms with Gasteiger partial charge in [-0.15, -0.1) is 0 Å². The molecule has 2 aliphatic carbocycles. The molecule has 0 atom stereocenters. The summed E-state index contributed by atoms with van der Waals surface area (Å²) in [6, 6.07) is 60.2. The molecule has 10 rings (SSSR count). The fraction of sp³-hybridized carbons (Fsp3) is 0.185. The Bertz CT molecular complexity index is 2770. The van der Waals surface area contributed by atoms with Crippen molar-refractivity contribution in [1.82, 2.24) is 0 Å². The van der Waals surface area contributed by atoms with Gasteiger partial charge in [-0.3, -0.25) is 0 Å². The average molecular weight is 695 g/mol. The summed E-state index contributed by atoms with van der Waals surface area (Å²) in [6.45, 7) is 9.50. The first kappa shape index (κ1) is 32.9. The van der Waals surface area contributed by atoms with E-state index >= 15 is 0 Å². The predicted octanol–water partition coefficient (Wildman–Crippen LogP) is 15.2. The Morgan fingerprint density at radius 2 is 0.685 bits per heavy atom. The van der Waals surface area contributed by atoms with E-state index in [1.165, 1.54) is 99.4 Å². The van der Waals surface area contributed by atoms with Crippen molar-refractivity contribution in [3.05, 3.63) is 180 Å². The van der Waals surface area contributed by atoms with Crippen LogP contribution in [0.1, 0.15) is 75.6 Å². The van der Waals surface area contributed by atoms with Gasteiger partial charge in [-0.2, -0.15) is 0 Å². The highest BCUT2D eigenvalue weighted by Gasteiger charge is 2.42. The van der Waals surface area contributed by atoms with Gasteiger partial charge in [-0.1, -0.05) is 161 Å². The molecular weight excluding hydrogens is 649 g/mol. The Morgan fingerprint density at radius 3 is 1.26 bits per heavy atom. The molecule has 0 unspecified atom stereocenters. The zero-order chi connectivity index (χ0) is 36.6. The minimum Gasteiger partial charge on any atom is -0.0642 e. The maximum Gasteiger partial charge on any atom is 0.0210 e. The van der Waals surface area contributed by atoms with Crippen LogP contribution in [0.3, 0.4) is 0 Å². The van der Waals surface area contributed by atoms with Gasteiger partial charge < -0.3 is 0 Å². The second-order valence-corrected chi connectivity index (χ2v) is 15.7. The van der Waals surface area contributed by atoms with E-state index in [4.69, 9.17) is 0 Å². The van der Waals surface area contributed by atoms with Crippen LogP contribution < -0.4 is 0 Å². The quantitative estimate of drug-likeness (QED) is 0.156. The van der Waals surface area contributed by atoms with Gasteiger partial charge in [0, 0.05) is 10.8 Å². The third kappa shape index (κ3) is 4.56.